The number of nitrogens with one attached hydrogen (secondary N) is 2. The van der Waals surface area contributed by atoms with Crippen molar-refractivity contribution in [3.8, 4) is 12.3 Å². The van der Waals surface area contributed by atoms with Crippen LogP contribution in [0.3, 0.4) is 0 Å². The lowest BCUT2D eigenvalue weighted by molar-refractivity contribution is 0.597. The number of anilines is 2. The van der Waals surface area contributed by atoms with Crippen LogP contribution >= 0.6 is 11.6 Å². The van der Waals surface area contributed by atoms with E-state index in [-0.39, 0.29) is 17.5 Å². The number of rotatable bonds is 7. The summed E-state index contributed by atoms with van der Waals surface area (Å²) in [7, 11) is -1.46. The molecule has 166 valence electrons. The topological polar surface area (TPSA) is 105 Å². The van der Waals surface area contributed by atoms with Crippen molar-refractivity contribution in [3.63, 3.8) is 0 Å². The Balaban J connectivity index is 1.93. The van der Waals surface area contributed by atoms with Crippen LogP contribution in [0.4, 0.5) is 15.9 Å². The smallest absolute Gasteiger partial charge is 0.157 e. The molecule has 0 saturated heterocycles. The second kappa shape index (κ2) is 9.23. The van der Waals surface area contributed by atoms with Gasteiger partial charge in [0.15, 0.2) is 5.82 Å². The molecular formula is C23H23ClFN5OS. The van der Waals surface area contributed by atoms with E-state index < -0.39 is 21.4 Å². The normalized spacial score (nSPS) is 13.4. The summed E-state index contributed by atoms with van der Waals surface area (Å²) in [6.07, 6.45) is 8.60. The Labute approximate surface area is 193 Å². The van der Waals surface area contributed by atoms with E-state index in [4.69, 9.17) is 29.2 Å². The Bertz CT molecular complexity index is 1270. The van der Waals surface area contributed by atoms with Gasteiger partial charge in [-0.1, -0.05) is 24.4 Å². The molecule has 6 nitrogen and oxygen atoms in total. The maximum Gasteiger partial charge on any atom is 0.157 e. The number of hydrogen-bond donors (Lipinski definition) is 3. The SMILES string of the molecule is C#Cc1cnc(Nc2ccc(F)c(C(C)CS(=O)C(C)(C)C(=N)N)c2)c2ncc(Cl)cc12. The van der Waals surface area contributed by atoms with Crippen molar-refractivity contribution in [2.45, 2.75) is 31.4 Å². The molecular weight excluding hydrogens is 449 g/mol. The maximum absolute atomic E-state index is 14.6. The van der Waals surface area contributed by atoms with Crippen LogP contribution in [-0.4, -0.2) is 30.5 Å². The summed E-state index contributed by atoms with van der Waals surface area (Å²) in [5.41, 5.74) is 7.65. The summed E-state index contributed by atoms with van der Waals surface area (Å²) < 4.78 is 26.3. The summed E-state index contributed by atoms with van der Waals surface area (Å²) in [6.45, 7) is 5.07. The summed E-state index contributed by atoms with van der Waals surface area (Å²) >= 11 is 6.07. The van der Waals surface area contributed by atoms with Gasteiger partial charge in [0, 0.05) is 40.0 Å². The summed E-state index contributed by atoms with van der Waals surface area (Å²) in [6, 6.07) is 6.29. The first-order valence-corrected chi connectivity index (χ1v) is 11.4. The molecule has 0 bridgehead atoms. The fourth-order valence-electron chi connectivity index (χ4n) is 3.08. The van der Waals surface area contributed by atoms with Crippen LogP contribution in [-0.2, 0) is 10.8 Å². The predicted octanol–water partition coefficient (Wildman–Crippen LogP) is 4.71. The van der Waals surface area contributed by atoms with E-state index in [9.17, 15) is 8.60 Å². The number of benzene rings is 1. The summed E-state index contributed by atoms with van der Waals surface area (Å²) in [5, 5.41) is 11.9. The highest BCUT2D eigenvalue weighted by atomic mass is 35.5. The van der Waals surface area contributed by atoms with Crippen molar-refractivity contribution < 1.29 is 8.60 Å². The standard InChI is InChI=1S/C23H23ClFN5OS/c1-5-14-10-29-21(20-18(14)8-15(24)11-28-20)30-16-6-7-19(25)17(9-16)13(2)12-32(31)23(3,4)22(26)27/h1,6-11,13H,12H2,2-4H3,(H3,26,27)(H,29,30). The van der Waals surface area contributed by atoms with Crippen LogP contribution in [0.5, 0.6) is 0 Å². The quantitative estimate of drug-likeness (QED) is 0.263. The monoisotopic (exact) mass is 471 g/mol. The van der Waals surface area contributed by atoms with Crippen LogP contribution in [0.2, 0.25) is 5.02 Å². The van der Waals surface area contributed by atoms with E-state index in [0.29, 0.717) is 38.6 Å². The van der Waals surface area contributed by atoms with Crippen LogP contribution in [0.1, 0.15) is 37.8 Å². The molecule has 0 fully saturated rings. The number of aromatic nitrogens is 2. The zero-order chi connectivity index (χ0) is 23.6. The Morgan fingerprint density at radius 1 is 1.38 bits per heavy atom. The van der Waals surface area contributed by atoms with Crippen LogP contribution in [0.25, 0.3) is 10.9 Å². The molecule has 0 saturated carbocycles. The lowest BCUT2D eigenvalue weighted by Crippen LogP contribution is -2.43. The average Bonchev–Trinajstić information content (AvgIpc) is 2.74. The molecule has 4 N–H and O–H groups in total. The minimum absolute atomic E-state index is 0.158. The fourth-order valence-corrected chi connectivity index (χ4v) is 4.54. The molecule has 3 aromatic rings. The van der Waals surface area contributed by atoms with Gasteiger partial charge in [0.2, 0.25) is 0 Å². The van der Waals surface area contributed by atoms with Crippen molar-refractivity contribution in [1.82, 2.24) is 9.97 Å². The molecule has 32 heavy (non-hydrogen) atoms. The summed E-state index contributed by atoms with van der Waals surface area (Å²) in [4.78, 5) is 8.71. The summed E-state index contributed by atoms with van der Waals surface area (Å²) in [5.74, 6) is 2.22. The van der Waals surface area contributed by atoms with E-state index in [2.05, 4.69) is 21.2 Å². The first-order chi connectivity index (χ1) is 15.0. The van der Waals surface area contributed by atoms with E-state index in [1.54, 1.807) is 45.2 Å². The van der Waals surface area contributed by atoms with Crippen molar-refractivity contribution in [2.75, 3.05) is 11.1 Å². The third-order valence-electron chi connectivity index (χ3n) is 5.26. The van der Waals surface area contributed by atoms with Gasteiger partial charge in [-0.05, 0) is 49.6 Å². The Morgan fingerprint density at radius 3 is 2.75 bits per heavy atom. The molecule has 2 heterocycles. The minimum atomic E-state index is -1.46. The molecule has 0 amide bonds. The molecule has 0 spiro atoms. The second-order valence-electron chi connectivity index (χ2n) is 7.91. The number of fused-ring (bicyclic) bond motifs is 1. The van der Waals surface area contributed by atoms with Gasteiger partial charge >= 0.3 is 0 Å². The van der Waals surface area contributed by atoms with Crippen molar-refractivity contribution in [2.24, 2.45) is 5.73 Å². The Morgan fingerprint density at radius 2 is 2.09 bits per heavy atom. The number of hydrogen-bond acceptors (Lipinski definition) is 5. The highest BCUT2D eigenvalue weighted by Crippen LogP contribution is 2.30. The Kier molecular flexibility index (Phi) is 6.82. The first-order valence-electron chi connectivity index (χ1n) is 9.75. The van der Waals surface area contributed by atoms with Crippen LogP contribution in [0, 0.1) is 23.6 Å². The third kappa shape index (κ3) is 4.74. The molecule has 0 aliphatic carbocycles. The highest BCUT2D eigenvalue weighted by molar-refractivity contribution is 7.87. The molecule has 2 atom stereocenters. The lowest BCUT2D eigenvalue weighted by Gasteiger charge is -2.24. The number of nitrogens with zero attached hydrogens (tertiary/aromatic N) is 2. The van der Waals surface area contributed by atoms with Crippen molar-refractivity contribution in [3.05, 3.63) is 58.6 Å². The molecule has 1 aromatic carbocycles. The molecule has 2 unspecified atom stereocenters. The number of nitrogens with two attached hydrogens (primary N) is 1. The zero-order valence-corrected chi connectivity index (χ0v) is 19.4. The second-order valence-corrected chi connectivity index (χ2v) is 10.4. The molecule has 0 aliphatic heterocycles. The minimum Gasteiger partial charge on any atom is -0.386 e. The number of amidine groups is 1. The largest absolute Gasteiger partial charge is 0.386 e. The van der Waals surface area contributed by atoms with Crippen molar-refractivity contribution in [1.29, 1.82) is 5.41 Å². The third-order valence-corrected chi connectivity index (χ3v) is 7.62. The molecule has 2 aromatic heterocycles. The van der Waals surface area contributed by atoms with Gasteiger partial charge in [0.25, 0.3) is 0 Å². The number of pyridine rings is 2. The van der Waals surface area contributed by atoms with Gasteiger partial charge < -0.3 is 11.1 Å². The van der Waals surface area contributed by atoms with Gasteiger partial charge in [-0.3, -0.25) is 14.6 Å². The zero-order valence-electron chi connectivity index (χ0n) is 17.9. The first kappa shape index (κ1) is 23.6. The van der Waals surface area contributed by atoms with E-state index in [1.165, 1.54) is 12.3 Å². The van der Waals surface area contributed by atoms with Gasteiger partial charge in [-0.2, -0.15) is 0 Å². The molecule has 0 radical (unpaired) electrons. The Hall–Kier alpha value is -3.02. The van der Waals surface area contributed by atoms with Crippen LogP contribution in [0.15, 0.2) is 36.7 Å². The highest BCUT2D eigenvalue weighted by Gasteiger charge is 2.31. The number of terminal acetylenes is 1. The predicted molar refractivity (Wildman–Crippen MR) is 130 cm³/mol. The average molecular weight is 472 g/mol. The lowest BCUT2D eigenvalue weighted by atomic mass is 10.0. The fraction of sp³-hybridized carbons (Fsp3) is 0.261. The van der Waals surface area contributed by atoms with E-state index >= 15 is 0 Å². The number of halogens is 2. The molecule has 9 heteroatoms. The maximum atomic E-state index is 14.6. The van der Waals surface area contributed by atoms with Gasteiger partial charge in [0.05, 0.1) is 15.3 Å². The van der Waals surface area contributed by atoms with Gasteiger partial charge in [-0.25, -0.2) is 9.37 Å². The molecule has 3 rings (SSSR count). The van der Waals surface area contributed by atoms with Crippen LogP contribution < -0.4 is 11.1 Å². The van der Waals surface area contributed by atoms with E-state index in [1.807, 2.05) is 0 Å². The van der Waals surface area contributed by atoms with Gasteiger partial charge in [-0.15, -0.1) is 6.42 Å². The van der Waals surface area contributed by atoms with Gasteiger partial charge in [0.1, 0.15) is 17.2 Å². The molecule has 0 aliphatic rings. The van der Waals surface area contributed by atoms with E-state index in [0.717, 1.165) is 0 Å². The van der Waals surface area contributed by atoms with Crippen molar-refractivity contribution >= 4 is 50.6 Å².